The third-order valence-electron chi connectivity index (χ3n) is 4.44. The van der Waals surface area contributed by atoms with Crippen LogP contribution in [0.4, 0.5) is 0 Å². The Bertz CT molecular complexity index is 847. The Morgan fingerprint density at radius 2 is 1.96 bits per heavy atom. The van der Waals surface area contributed by atoms with Crippen LogP contribution in [0.2, 0.25) is 0 Å². The van der Waals surface area contributed by atoms with Gasteiger partial charge in [-0.25, -0.2) is 4.98 Å². The molecule has 1 aromatic carbocycles. The van der Waals surface area contributed by atoms with Gasteiger partial charge in [-0.3, -0.25) is 14.9 Å². The van der Waals surface area contributed by atoms with E-state index in [4.69, 9.17) is 0 Å². The van der Waals surface area contributed by atoms with Crippen LogP contribution in [0.25, 0.3) is 0 Å². The minimum atomic E-state index is 0.0462. The Morgan fingerprint density at radius 1 is 1.12 bits per heavy atom. The van der Waals surface area contributed by atoms with Crippen molar-refractivity contribution >= 4 is 5.91 Å². The van der Waals surface area contributed by atoms with Gasteiger partial charge in [0.15, 0.2) is 5.82 Å². The molecule has 0 spiro atoms. The Labute approximate surface area is 145 Å². The van der Waals surface area contributed by atoms with Crippen molar-refractivity contribution in [1.82, 2.24) is 25.1 Å². The van der Waals surface area contributed by atoms with E-state index < -0.39 is 0 Å². The van der Waals surface area contributed by atoms with Gasteiger partial charge in [-0.05, 0) is 17.2 Å². The zero-order chi connectivity index (χ0) is 17.1. The van der Waals surface area contributed by atoms with E-state index in [0.717, 1.165) is 17.2 Å². The number of benzene rings is 1. The van der Waals surface area contributed by atoms with Crippen LogP contribution >= 0.6 is 0 Å². The third-order valence-corrected chi connectivity index (χ3v) is 4.44. The van der Waals surface area contributed by atoms with Crippen molar-refractivity contribution in [1.29, 1.82) is 0 Å². The maximum absolute atomic E-state index is 12.3. The minimum Gasteiger partial charge on any atom is -0.338 e. The molecule has 3 aromatic rings. The van der Waals surface area contributed by atoms with E-state index in [1.807, 2.05) is 35.2 Å². The molecule has 1 atom stereocenters. The Morgan fingerprint density at radius 3 is 2.76 bits per heavy atom. The van der Waals surface area contributed by atoms with Gasteiger partial charge in [-0.2, -0.15) is 5.10 Å². The zero-order valence-electron chi connectivity index (χ0n) is 13.8. The summed E-state index contributed by atoms with van der Waals surface area (Å²) in [6.07, 6.45) is 4.71. The Hall–Kier alpha value is -3.02. The summed E-state index contributed by atoms with van der Waals surface area (Å²) in [4.78, 5) is 22.9. The molecule has 25 heavy (non-hydrogen) atoms. The molecule has 1 aliphatic heterocycles. The standard InChI is InChI=1S/C19H19N5O/c25-18-10-16(13-24(18)12-15-7-4-8-20-11-15)19-21-17(22-23-19)9-14-5-2-1-3-6-14/h1-8,11,16H,9-10,12-13H2,(H,21,22,23)/t16-/m1/s1. The number of H-pyrrole nitrogens is 1. The summed E-state index contributed by atoms with van der Waals surface area (Å²) in [7, 11) is 0. The first-order valence-corrected chi connectivity index (χ1v) is 8.40. The predicted octanol–water partition coefficient (Wildman–Crippen LogP) is 2.31. The number of hydrogen-bond donors (Lipinski definition) is 1. The number of nitrogens with zero attached hydrogens (tertiary/aromatic N) is 4. The molecule has 6 heteroatoms. The molecule has 2 aromatic heterocycles. The van der Waals surface area contributed by atoms with E-state index in [1.54, 1.807) is 12.4 Å². The summed E-state index contributed by atoms with van der Waals surface area (Å²) in [6, 6.07) is 14.0. The molecular weight excluding hydrogens is 314 g/mol. The number of nitrogens with one attached hydrogen (secondary N) is 1. The Balaban J connectivity index is 1.42. The first-order valence-electron chi connectivity index (χ1n) is 8.40. The van der Waals surface area contributed by atoms with Crippen LogP contribution < -0.4 is 0 Å². The number of carbonyl (C=O) groups is 1. The lowest BCUT2D eigenvalue weighted by Crippen LogP contribution is -2.24. The number of hydrogen-bond acceptors (Lipinski definition) is 4. The summed E-state index contributed by atoms with van der Waals surface area (Å²) in [6.45, 7) is 1.24. The highest BCUT2D eigenvalue weighted by molar-refractivity contribution is 5.79. The maximum atomic E-state index is 12.3. The normalized spacial score (nSPS) is 17.2. The van der Waals surface area contributed by atoms with Gasteiger partial charge in [0.05, 0.1) is 0 Å². The monoisotopic (exact) mass is 333 g/mol. The molecule has 0 bridgehead atoms. The van der Waals surface area contributed by atoms with Crippen molar-refractivity contribution in [3.63, 3.8) is 0 Å². The number of pyridine rings is 1. The fourth-order valence-corrected chi connectivity index (χ4v) is 3.17. The molecule has 0 aliphatic carbocycles. The maximum Gasteiger partial charge on any atom is 0.223 e. The van der Waals surface area contributed by atoms with Gasteiger partial charge in [-0.15, -0.1) is 0 Å². The van der Waals surface area contributed by atoms with E-state index in [1.165, 1.54) is 5.56 Å². The van der Waals surface area contributed by atoms with E-state index in [-0.39, 0.29) is 11.8 Å². The average molecular weight is 333 g/mol. The van der Waals surface area contributed by atoms with Crippen LogP contribution in [0.15, 0.2) is 54.9 Å². The van der Waals surface area contributed by atoms with Crippen molar-refractivity contribution in [2.75, 3.05) is 6.54 Å². The van der Waals surface area contributed by atoms with Gasteiger partial charge in [0.2, 0.25) is 5.91 Å². The molecular formula is C19H19N5O. The molecule has 4 rings (SSSR count). The van der Waals surface area contributed by atoms with E-state index >= 15 is 0 Å². The lowest BCUT2D eigenvalue weighted by Gasteiger charge is -2.15. The highest BCUT2D eigenvalue weighted by Crippen LogP contribution is 2.27. The van der Waals surface area contributed by atoms with Crippen molar-refractivity contribution in [2.45, 2.75) is 25.3 Å². The van der Waals surface area contributed by atoms with Crippen LogP contribution in [-0.4, -0.2) is 37.5 Å². The molecule has 3 heterocycles. The summed E-state index contributed by atoms with van der Waals surface area (Å²) in [5, 5.41) is 7.35. The highest BCUT2D eigenvalue weighted by Gasteiger charge is 2.33. The Kier molecular flexibility index (Phi) is 4.24. The van der Waals surface area contributed by atoms with Crippen molar-refractivity contribution < 1.29 is 4.79 Å². The fourth-order valence-electron chi connectivity index (χ4n) is 3.17. The first-order chi connectivity index (χ1) is 12.3. The molecule has 1 saturated heterocycles. The molecule has 1 aliphatic rings. The molecule has 126 valence electrons. The van der Waals surface area contributed by atoms with E-state index in [9.17, 15) is 4.79 Å². The minimum absolute atomic E-state index is 0.0462. The van der Waals surface area contributed by atoms with Gasteiger partial charge in [-0.1, -0.05) is 36.4 Å². The second-order valence-electron chi connectivity index (χ2n) is 6.34. The smallest absolute Gasteiger partial charge is 0.223 e. The second kappa shape index (κ2) is 6.84. The molecule has 6 nitrogen and oxygen atoms in total. The predicted molar refractivity (Wildman–Crippen MR) is 92.6 cm³/mol. The van der Waals surface area contributed by atoms with Crippen molar-refractivity contribution in [2.24, 2.45) is 0 Å². The number of aromatic nitrogens is 4. The lowest BCUT2D eigenvalue weighted by molar-refractivity contribution is -0.128. The number of rotatable bonds is 5. The molecule has 1 N–H and O–H groups in total. The average Bonchev–Trinajstić information content (AvgIpc) is 3.24. The summed E-state index contributed by atoms with van der Waals surface area (Å²) in [5.41, 5.74) is 2.22. The van der Waals surface area contributed by atoms with Gasteiger partial charge < -0.3 is 4.90 Å². The lowest BCUT2D eigenvalue weighted by atomic mass is 10.1. The molecule has 0 saturated carbocycles. The summed E-state index contributed by atoms with van der Waals surface area (Å²) < 4.78 is 0. The number of likely N-dealkylation sites (tertiary alicyclic amines) is 1. The molecule has 1 amide bonds. The van der Waals surface area contributed by atoms with Gasteiger partial charge in [0.25, 0.3) is 0 Å². The van der Waals surface area contributed by atoms with Crippen LogP contribution in [0, 0.1) is 0 Å². The number of amides is 1. The van der Waals surface area contributed by atoms with Crippen LogP contribution in [-0.2, 0) is 17.8 Å². The largest absolute Gasteiger partial charge is 0.338 e. The number of aromatic amines is 1. The van der Waals surface area contributed by atoms with E-state index in [2.05, 4.69) is 32.3 Å². The first kappa shape index (κ1) is 15.5. The van der Waals surface area contributed by atoms with Crippen molar-refractivity contribution in [3.05, 3.63) is 77.6 Å². The highest BCUT2D eigenvalue weighted by atomic mass is 16.2. The van der Waals surface area contributed by atoms with Gasteiger partial charge in [0, 0.05) is 44.2 Å². The second-order valence-corrected chi connectivity index (χ2v) is 6.34. The molecule has 0 unspecified atom stereocenters. The SMILES string of the molecule is O=C1C[C@@H](c2n[nH]c(Cc3ccccc3)n2)CN1Cc1cccnc1. The molecule has 1 fully saturated rings. The number of carbonyl (C=O) groups excluding carboxylic acids is 1. The molecule has 0 radical (unpaired) electrons. The van der Waals surface area contributed by atoms with Gasteiger partial charge in [0.1, 0.15) is 5.82 Å². The summed E-state index contributed by atoms with van der Waals surface area (Å²) >= 11 is 0. The van der Waals surface area contributed by atoms with Crippen LogP contribution in [0.3, 0.4) is 0 Å². The van der Waals surface area contributed by atoms with Crippen LogP contribution in [0.1, 0.15) is 35.1 Å². The third kappa shape index (κ3) is 3.57. The van der Waals surface area contributed by atoms with E-state index in [0.29, 0.717) is 25.9 Å². The quantitative estimate of drug-likeness (QED) is 0.777. The summed E-state index contributed by atoms with van der Waals surface area (Å²) in [5.74, 6) is 1.75. The van der Waals surface area contributed by atoms with Gasteiger partial charge >= 0.3 is 0 Å². The fraction of sp³-hybridized carbons (Fsp3) is 0.263. The zero-order valence-corrected chi connectivity index (χ0v) is 13.8. The van der Waals surface area contributed by atoms with Crippen LogP contribution in [0.5, 0.6) is 0 Å². The van der Waals surface area contributed by atoms with Crippen molar-refractivity contribution in [3.8, 4) is 0 Å². The topological polar surface area (TPSA) is 74.8 Å².